The molecule has 3 heteroatoms. The zero-order chi connectivity index (χ0) is 6.15. The minimum absolute atomic E-state index is 0.118. The van der Waals surface area contributed by atoms with Gasteiger partial charge in [-0.2, -0.15) is 12.6 Å². The van der Waals surface area contributed by atoms with Gasteiger partial charge in [-0.05, 0) is 12.8 Å². The zero-order valence-electron chi connectivity index (χ0n) is 4.37. The predicted molar refractivity (Wildman–Crippen MR) is 33.1 cm³/mol. The fourth-order valence-electron chi connectivity index (χ4n) is 0.770. The van der Waals surface area contributed by atoms with Crippen molar-refractivity contribution in [3.8, 4) is 0 Å². The second kappa shape index (κ2) is 1.97. The van der Waals surface area contributed by atoms with Crippen molar-refractivity contribution in [3.63, 3.8) is 0 Å². The Hall–Kier alpha value is -0.180. The summed E-state index contributed by atoms with van der Waals surface area (Å²) >= 11 is 4.04. The van der Waals surface area contributed by atoms with Crippen LogP contribution in [0.5, 0.6) is 0 Å². The van der Waals surface area contributed by atoms with Crippen LogP contribution in [0.1, 0.15) is 12.8 Å². The average Bonchev–Trinajstić information content (AvgIpc) is 1.61. The van der Waals surface area contributed by atoms with Gasteiger partial charge in [0, 0.05) is 5.25 Å². The molecular formula is C5H8O2S. The first kappa shape index (κ1) is 5.95. The largest absolute Gasteiger partial charge is 0.481 e. The minimum Gasteiger partial charge on any atom is -0.481 e. The van der Waals surface area contributed by atoms with Crippen LogP contribution in [0.25, 0.3) is 0 Å². The third-order valence-corrected chi connectivity index (χ3v) is 2.17. The maximum Gasteiger partial charge on any atom is 0.307 e. The monoisotopic (exact) mass is 132 g/mol. The fourth-order valence-corrected chi connectivity index (χ4v) is 1.20. The van der Waals surface area contributed by atoms with Gasteiger partial charge >= 0.3 is 5.97 Å². The van der Waals surface area contributed by atoms with Gasteiger partial charge in [0.15, 0.2) is 0 Å². The van der Waals surface area contributed by atoms with Crippen LogP contribution in [-0.2, 0) is 4.79 Å². The highest BCUT2D eigenvalue weighted by molar-refractivity contribution is 7.81. The van der Waals surface area contributed by atoms with E-state index in [-0.39, 0.29) is 11.2 Å². The van der Waals surface area contributed by atoms with Crippen LogP contribution in [0.15, 0.2) is 0 Å². The Morgan fingerprint density at radius 3 is 2.25 bits per heavy atom. The second-order valence-corrected chi connectivity index (χ2v) is 2.75. The van der Waals surface area contributed by atoms with Crippen LogP contribution in [-0.4, -0.2) is 16.3 Å². The lowest BCUT2D eigenvalue weighted by atomic mass is 9.85. The Morgan fingerprint density at radius 2 is 2.25 bits per heavy atom. The van der Waals surface area contributed by atoms with Crippen LogP contribution in [0, 0.1) is 5.92 Å². The molecule has 8 heavy (non-hydrogen) atoms. The van der Waals surface area contributed by atoms with Crippen LogP contribution in [0.4, 0.5) is 0 Å². The van der Waals surface area contributed by atoms with Crippen LogP contribution in [0.3, 0.4) is 0 Å². The molecule has 0 spiro atoms. The van der Waals surface area contributed by atoms with Crippen molar-refractivity contribution in [2.24, 2.45) is 5.92 Å². The molecule has 46 valence electrons. The lowest BCUT2D eigenvalue weighted by Gasteiger charge is -2.28. The summed E-state index contributed by atoms with van der Waals surface area (Å²) in [4.78, 5) is 10.1. The number of rotatable bonds is 1. The Balaban J connectivity index is 2.37. The zero-order valence-corrected chi connectivity index (χ0v) is 5.27. The summed E-state index contributed by atoms with van der Waals surface area (Å²) in [6, 6.07) is 0. The molecule has 1 saturated carbocycles. The first-order chi connectivity index (χ1) is 3.72. The molecule has 0 aromatic rings. The quantitative estimate of drug-likeness (QED) is 0.517. The highest BCUT2D eigenvalue weighted by atomic mass is 32.1. The molecule has 0 radical (unpaired) electrons. The molecule has 0 saturated heterocycles. The molecule has 1 N–H and O–H groups in total. The van der Waals surface area contributed by atoms with E-state index in [1.807, 2.05) is 0 Å². The topological polar surface area (TPSA) is 37.3 Å². The molecule has 1 fully saturated rings. The number of aliphatic carboxylic acids is 1. The van der Waals surface area contributed by atoms with Crippen molar-refractivity contribution in [1.29, 1.82) is 0 Å². The van der Waals surface area contributed by atoms with E-state index in [0.717, 1.165) is 12.8 Å². The van der Waals surface area contributed by atoms with Crippen molar-refractivity contribution in [1.82, 2.24) is 0 Å². The standard InChI is InChI=1S/C5H8O2S/c6-5(7)3-1-2-4(3)8/h3-4,8H,1-2H2,(H,6,7). The molecule has 2 atom stereocenters. The number of hydrogen-bond donors (Lipinski definition) is 2. The highest BCUT2D eigenvalue weighted by Crippen LogP contribution is 2.31. The molecule has 0 heterocycles. The molecule has 1 aliphatic rings. The molecule has 1 rings (SSSR count). The molecular weight excluding hydrogens is 124 g/mol. The van der Waals surface area contributed by atoms with Gasteiger partial charge < -0.3 is 5.11 Å². The molecule has 2 nitrogen and oxygen atoms in total. The SMILES string of the molecule is O=C(O)C1CCC1S. The Bertz CT molecular complexity index is 113. The van der Waals surface area contributed by atoms with E-state index in [1.165, 1.54) is 0 Å². The second-order valence-electron chi connectivity index (χ2n) is 2.09. The number of carboxylic acids is 1. The normalized spacial score (nSPS) is 36.1. The smallest absolute Gasteiger partial charge is 0.307 e. The third kappa shape index (κ3) is 0.823. The van der Waals surface area contributed by atoms with Crippen molar-refractivity contribution in [3.05, 3.63) is 0 Å². The highest BCUT2D eigenvalue weighted by Gasteiger charge is 2.33. The van der Waals surface area contributed by atoms with Gasteiger partial charge in [-0.3, -0.25) is 4.79 Å². The number of carbonyl (C=O) groups is 1. The molecule has 0 aliphatic heterocycles. The van der Waals surface area contributed by atoms with E-state index in [1.54, 1.807) is 0 Å². The van der Waals surface area contributed by atoms with E-state index in [4.69, 9.17) is 5.11 Å². The number of carboxylic acid groups (broad SMARTS) is 1. The van der Waals surface area contributed by atoms with E-state index < -0.39 is 5.97 Å². The van der Waals surface area contributed by atoms with Gasteiger partial charge in [0.25, 0.3) is 0 Å². The Kier molecular flexibility index (Phi) is 1.47. The van der Waals surface area contributed by atoms with Gasteiger partial charge in [0.1, 0.15) is 0 Å². The number of hydrogen-bond acceptors (Lipinski definition) is 2. The predicted octanol–water partition coefficient (Wildman–Crippen LogP) is 0.779. The molecule has 0 aromatic carbocycles. The van der Waals surface area contributed by atoms with Gasteiger partial charge in [-0.25, -0.2) is 0 Å². The van der Waals surface area contributed by atoms with Gasteiger partial charge in [-0.1, -0.05) is 0 Å². The summed E-state index contributed by atoms with van der Waals surface area (Å²) < 4.78 is 0. The molecule has 1 aliphatic carbocycles. The first-order valence-corrected chi connectivity index (χ1v) is 3.14. The van der Waals surface area contributed by atoms with E-state index in [2.05, 4.69) is 12.6 Å². The van der Waals surface area contributed by atoms with E-state index >= 15 is 0 Å². The molecule has 0 amide bonds. The number of thiol groups is 1. The van der Waals surface area contributed by atoms with Gasteiger partial charge in [0.2, 0.25) is 0 Å². The van der Waals surface area contributed by atoms with Crippen molar-refractivity contribution < 1.29 is 9.90 Å². The Morgan fingerprint density at radius 1 is 1.62 bits per heavy atom. The Labute approximate surface area is 53.3 Å². The summed E-state index contributed by atoms with van der Waals surface area (Å²) in [5, 5.41) is 8.47. The van der Waals surface area contributed by atoms with E-state index in [9.17, 15) is 4.79 Å². The third-order valence-electron chi connectivity index (χ3n) is 1.56. The summed E-state index contributed by atoms with van der Waals surface area (Å²) in [6.45, 7) is 0. The van der Waals surface area contributed by atoms with E-state index in [0.29, 0.717) is 0 Å². The average molecular weight is 132 g/mol. The molecule has 0 bridgehead atoms. The van der Waals surface area contributed by atoms with Crippen LogP contribution < -0.4 is 0 Å². The van der Waals surface area contributed by atoms with Gasteiger partial charge in [0.05, 0.1) is 5.92 Å². The van der Waals surface area contributed by atoms with Crippen molar-refractivity contribution in [2.75, 3.05) is 0 Å². The maximum absolute atomic E-state index is 10.1. The molecule has 2 unspecified atom stereocenters. The summed E-state index contributed by atoms with van der Waals surface area (Å²) in [6.07, 6.45) is 1.77. The summed E-state index contributed by atoms with van der Waals surface area (Å²) in [5.41, 5.74) is 0. The fraction of sp³-hybridized carbons (Fsp3) is 0.800. The lowest BCUT2D eigenvalue weighted by Crippen LogP contribution is -2.33. The lowest BCUT2D eigenvalue weighted by molar-refractivity contribution is -0.144. The van der Waals surface area contributed by atoms with Crippen molar-refractivity contribution in [2.45, 2.75) is 18.1 Å². The first-order valence-electron chi connectivity index (χ1n) is 2.62. The maximum atomic E-state index is 10.1. The summed E-state index contributed by atoms with van der Waals surface area (Å²) in [5.74, 6) is -0.866. The van der Waals surface area contributed by atoms with Gasteiger partial charge in [-0.15, -0.1) is 0 Å². The minimum atomic E-state index is -0.698. The van der Waals surface area contributed by atoms with Crippen LogP contribution >= 0.6 is 12.6 Å². The summed E-state index contributed by atoms with van der Waals surface area (Å²) in [7, 11) is 0. The molecule has 0 aromatic heterocycles. The van der Waals surface area contributed by atoms with Crippen LogP contribution in [0.2, 0.25) is 0 Å². The van der Waals surface area contributed by atoms with Crippen molar-refractivity contribution >= 4 is 18.6 Å².